The highest BCUT2D eigenvalue weighted by Gasteiger charge is 2.25. The fourth-order valence-corrected chi connectivity index (χ4v) is 3.06. The Morgan fingerprint density at radius 1 is 1.42 bits per heavy atom. The number of hydrogen-bond donors (Lipinski definition) is 1. The molecule has 2 aliphatic heterocycles. The van der Waals surface area contributed by atoms with E-state index in [4.69, 9.17) is 15.5 Å². The lowest BCUT2D eigenvalue weighted by Crippen LogP contribution is -2.49. The summed E-state index contributed by atoms with van der Waals surface area (Å²) in [5, 5.41) is 16.3. The first-order valence-corrected chi connectivity index (χ1v) is 8.29. The largest absolute Gasteiger partial charge is 0.392 e. The van der Waals surface area contributed by atoms with Crippen LogP contribution in [0.2, 0.25) is 0 Å². The number of hydrogen-bond acceptors (Lipinski definition) is 6. The number of oxime groups is 1. The van der Waals surface area contributed by atoms with Crippen LogP contribution < -0.4 is 4.90 Å². The highest BCUT2D eigenvalue weighted by molar-refractivity contribution is 6.01. The van der Waals surface area contributed by atoms with Gasteiger partial charge in [-0.1, -0.05) is 16.3 Å². The summed E-state index contributed by atoms with van der Waals surface area (Å²) in [4.78, 5) is 22.8. The van der Waals surface area contributed by atoms with Gasteiger partial charge in [0.05, 0.1) is 17.9 Å². The molecule has 9 nitrogen and oxygen atoms in total. The summed E-state index contributed by atoms with van der Waals surface area (Å²) in [6, 6.07) is 4.89. The molecule has 1 aromatic rings. The van der Waals surface area contributed by atoms with Crippen molar-refractivity contribution in [1.29, 1.82) is 0 Å². The quantitative estimate of drug-likeness (QED) is 0.482. The minimum Gasteiger partial charge on any atom is -0.392 e. The number of nitrogens with zero attached hydrogens (tertiary/aromatic N) is 6. The first-order chi connectivity index (χ1) is 12.6. The maximum Gasteiger partial charge on any atom is 0.248 e. The molecule has 1 fully saturated rings. The Morgan fingerprint density at radius 3 is 2.85 bits per heavy atom. The van der Waals surface area contributed by atoms with Gasteiger partial charge >= 0.3 is 0 Å². The molecular formula is C16H19FN6O3. The molecule has 2 heterocycles. The van der Waals surface area contributed by atoms with Crippen molar-refractivity contribution in [1.82, 2.24) is 4.90 Å². The number of halogens is 1. The lowest BCUT2D eigenvalue weighted by atomic mass is 10.0. The van der Waals surface area contributed by atoms with E-state index in [1.54, 1.807) is 17.0 Å². The van der Waals surface area contributed by atoms with Crippen LogP contribution in [-0.4, -0.2) is 67.1 Å². The standard InChI is InChI=1S/C16H19FN6O3/c17-13-7-11(14-8-12(26-20-14)9-19-21-18)1-2-15(13)22-3-5-23(6-4-22)16(25)10-24/h1-2,7,12,24H,3-6,8-10H2. The van der Waals surface area contributed by atoms with E-state index in [1.807, 2.05) is 4.90 Å². The van der Waals surface area contributed by atoms with Gasteiger partial charge in [-0.2, -0.15) is 0 Å². The van der Waals surface area contributed by atoms with E-state index in [0.29, 0.717) is 49.6 Å². The van der Waals surface area contributed by atoms with E-state index in [0.717, 1.165) is 0 Å². The monoisotopic (exact) mass is 362 g/mol. The summed E-state index contributed by atoms with van der Waals surface area (Å²) in [5.41, 5.74) is 10.1. The van der Waals surface area contributed by atoms with Gasteiger partial charge in [0.25, 0.3) is 0 Å². The Bertz CT molecular complexity index is 756. The molecule has 1 amide bonds. The zero-order valence-electron chi connectivity index (χ0n) is 14.1. The maximum absolute atomic E-state index is 14.6. The van der Waals surface area contributed by atoms with E-state index in [9.17, 15) is 9.18 Å². The topological polar surface area (TPSA) is 114 Å². The number of rotatable bonds is 5. The molecule has 0 radical (unpaired) electrons. The van der Waals surface area contributed by atoms with Gasteiger partial charge in [0, 0.05) is 43.1 Å². The molecule has 0 aliphatic carbocycles. The Hall–Kier alpha value is -2.84. The van der Waals surface area contributed by atoms with Crippen molar-refractivity contribution in [3.8, 4) is 0 Å². The molecule has 10 heteroatoms. The van der Waals surface area contributed by atoms with Crippen LogP contribution in [0.15, 0.2) is 28.5 Å². The second-order valence-electron chi connectivity index (χ2n) is 6.08. The molecule has 1 aromatic carbocycles. The SMILES string of the molecule is [N-]=[N+]=NCC1CC(c2ccc(N3CCN(C(=O)CO)CC3)c(F)c2)=NO1. The number of aliphatic hydroxyl groups is 1. The summed E-state index contributed by atoms with van der Waals surface area (Å²) >= 11 is 0. The Labute approximate surface area is 149 Å². The lowest BCUT2D eigenvalue weighted by molar-refractivity contribution is -0.134. The summed E-state index contributed by atoms with van der Waals surface area (Å²) < 4.78 is 14.6. The van der Waals surface area contributed by atoms with Crippen LogP contribution in [0.25, 0.3) is 10.4 Å². The van der Waals surface area contributed by atoms with Crippen LogP contribution in [0.3, 0.4) is 0 Å². The molecule has 0 spiro atoms. The third-order valence-electron chi connectivity index (χ3n) is 4.47. The van der Waals surface area contributed by atoms with Crippen LogP contribution in [0.5, 0.6) is 0 Å². The van der Waals surface area contributed by atoms with Crippen LogP contribution in [0.1, 0.15) is 12.0 Å². The number of aliphatic hydroxyl groups excluding tert-OH is 1. The smallest absolute Gasteiger partial charge is 0.248 e. The number of anilines is 1. The van der Waals surface area contributed by atoms with Crippen molar-refractivity contribution in [3.05, 3.63) is 40.0 Å². The van der Waals surface area contributed by atoms with Crippen LogP contribution >= 0.6 is 0 Å². The summed E-state index contributed by atoms with van der Waals surface area (Å²) in [6.45, 7) is 1.57. The van der Waals surface area contributed by atoms with Crippen LogP contribution in [0.4, 0.5) is 10.1 Å². The van der Waals surface area contributed by atoms with Crippen molar-refractivity contribution >= 4 is 17.3 Å². The number of piperazine rings is 1. The predicted octanol–water partition coefficient (Wildman–Crippen LogP) is 1.27. The van der Waals surface area contributed by atoms with Gasteiger partial charge in [0.1, 0.15) is 18.5 Å². The van der Waals surface area contributed by atoms with Gasteiger partial charge < -0.3 is 19.7 Å². The van der Waals surface area contributed by atoms with Gasteiger partial charge in [-0.05, 0) is 17.7 Å². The molecule has 0 bridgehead atoms. The van der Waals surface area contributed by atoms with Crippen LogP contribution in [0, 0.1) is 5.82 Å². The predicted molar refractivity (Wildman–Crippen MR) is 92.3 cm³/mol. The Morgan fingerprint density at radius 2 is 2.19 bits per heavy atom. The average molecular weight is 362 g/mol. The van der Waals surface area contributed by atoms with Crippen molar-refractivity contribution in [3.63, 3.8) is 0 Å². The fraction of sp³-hybridized carbons (Fsp3) is 0.500. The summed E-state index contributed by atoms with van der Waals surface area (Å²) in [6.07, 6.45) is 0.139. The highest BCUT2D eigenvalue weighted by Crippen LogP contribution is 2.25. The minimum atomic E-state index is -0.506. The van der Waals surface area contributed by atoms with E-state index >= 15 is 0 Å². The zero-order chi connectivity index (χ0) is 18.5. The second kappa shape index (κ2) is 8.03. The molecular weight excluding hydrogens is 343 g/mol. The zero-order valence-corrected chi connectivity index (χ0v) is 14.1. The Balaban J connectivity index is 1.64. The average Bonchev–Trinajstić information content (AvgIpc) is 3.15. The highest BCUT2D eigenvalue weighted by atomic mass is 19.1. The van der Waals surface area contributed by atoms with Gasteiger partial charge in [0.15, 0.2) is 0 Å². The fourth-order valence-electron chi connectivity index (χ4n) is 3.06. The number of benzene rings is 1. The minimum absolute atomic E-state index is 0.181. The van der Waals surface area contributed by atoms with Crippen molar-refractivity contribution < 1.29 is 19.1 Å². The maximum atomic E-state index is 14.6. The van der Waals surface area contributed by atoms with Gasteiger partial charge in [-0.3, -0.25) is 4.79 Å². The van der Waals surface area contributed by atoms with Crippen molar-refractivity contribution in [2.24, 2.45) is 10.3 Å². The van der Waals surface area contributed by atoms with Gasteiger partial charge in [-0.15, -0.1) is 0 Å². The number of carbonyl (C=O) groups is 1. The molecule has 138 valence electrons. The third-order valence-corrected chi connectivity index (χ3v) is 4.47. The van der Waals surface area contributed by atoms with Crippen molar-refractivity contribution in [2.45, 2.75) is 12.5 Å². The molecule has 1 atom stereocenters. The van der Waals surface area contributed by atoms with E-state index < -0.39 is 6.61 Å². The normalized spacial score (nSPS) is 19.6. The molecule has 1 N–H and O–H groups in total. The van der Waals surface area contributed by atoms with E-state index in [2.05, 4.69) is 15.2 Å². The molecule has 26 heavy (non-hydrogen) atoms. The summed E-state index contributed by atoms with van der Waals surface area (Å²) in [7, 11) is 0. The molecule has 1 unspecified atom stereocenters. The van der Waals surface area contributed by atoms with Gasteiger partial charge in [-0.25, -0.2) is 4.39 Å². The van der Waals surface area contributed by atoms with Gasteiger partial charge in [0.2, 0.25) is 5.91 Å². The van der Waals surface area contributed by atoms with Crippen LogP contribution in [-0.2, 0) is 9.63 Å². The van der Waals surface area contributed by atoms with Crippen molar-refractivity contribution in [2.75, 3.05) is 44.2 Å². The lowest BCUT2D eigenvalue weighted by Gasteiger charge is -2.36. The first kappa shape index (κ1) is 18.0. The number of azide groups is 1. The second-order valence-corrected chi connectivity index (χ2v) is 6.08. The Kier molecular flexibility index (Phi) is 5.55. The first-order valence-electron chi connectivity index (χ1n) is 8.29. The molecule has 2 aliphatic rings. The number of carbonyl (C=O) groups excluding carboxylic acids is 1. The molecule has 1 saturated heterocycles. The molecule has 0 saturated carbocycles. The molecule has 0 aromatic heterocycles. The summed E-state index contributed by atoms with van der Waals surface area (Å²) in [5.74, 6) is -0.680. The van der Waals surface area contributed by atoms with E-state index in [-0.39, 0.29) is 24.4 Å². The molecule has 3 rings (SSSR count). The van der Waals surface area contributed by atoms with E-state index in [1.165, 1.54) is 6.07 Å². The third kappa shape index (κ3) is 3.87. The number of amides is 1.